The summed E-state index contributed by atoms with van der Waals surface area (Å²) in [5, 5.41) is 0. The molecule has 3 heteroatoms. The van der Waals surface area contributed by atoms with Crippen LogP contribution in [0, 0.1) is 0 Å². The van der Waals surface area contributed by atoms with Crippen LogP contribution in [-0.2, 0) is 0 Å². The smallest absolute Gasteiger partial charge is 0.0123 e. The molecule has 1 saturated heterocycles. The van der Waals surface area contributed by atoms with Gasteiger partial charge in [-0.3, -0.25) is 4.90 Å². The molecule has 1 aliphatic carbocycles. The highest BCUT2D eigenvalue weighted by Crippen LogP contribution is 2.27. The summed E-state index contributed by atoms with van der Waals surface area (Å²) in [6.07, 6.45) is 4.31. The van der Waals surface area contributed by atoms with Crippen molar-refractivity contribution < 1.29 is 0 Å². The van der Waals surface area contributed by atoms with Gasteiger partial charge in [0.1, 0.15) is 0 Å². The Morgan fingerprint density at radius 1 is 1.08 bits per heavy atom. The average molecular weight is 294 g/mol. The van der Waals surface area contributed by atoms with Gasteiger partial charge in [0, 0.05) is 30.1 Å². The van der Waals surface area contributed by atoms with Crippen LogP contribution in [0.2, 0.25) is 0 Å². The Labute approximate surface area is 94.8 Å². The van der Waals surface area contributed by atoms with Crippen molar-refractivity contribution in [2.75, 3.05) is 37.2 Å². The van der Waals surface area contributed by atoms with Crippen molar-refractivity contribution in [2.24, 2.45) is 0 Å². The van der Waals surface area contributed by atoms with Gasteiger partial charge in [0.15, 0.2) is 0 Å². The van der Waals surface area contributed by atoms with Crippen LogP contribution in [0.3, 0.4) is 0 Å². The van der Waals surface area contributed by atoms with E-state index >= 15 is 0 Å². The second-order valence-corrected chi connectivity index (χ2v) is 5.23. The van der Waals surface area contributed by atoms with Crippen molar-refractivity contribution in [1.82, 2.24) is 9.80 Å². The van der Waals surface area contributed by atoms with E-state index < -0.39 is 0 Å². The predicted octanol–water partition coefficient (Wildman–Crippen LogP) is 1.59. The third kappa shape index (κ3) is 3.06. The largest absolute Gasteiger partial charge is 0.301 e. The molecule has 0 bridgehead atoms. The average Bonchev–Trinajstić information content (AvgIpc) is 2.89. The Hall–Kier alpha value is 0.650. The molecule has 2 aliphatic rings. The SMILES string of the molecule is ICCN1CCCN(C2CC2)CC1. The topological polar surface area (TPSA) is 6.48 Å². The number of hydrogen-bond donors (Lipinski definition) is 0. The maximum Gasteiger partial charge on any atom is 0.0123 e. The van der Waals surface area contributed by atoms with Crippen molar-refractivity contribution in [3.05, 3.63) is 0 Å². The second-order valence-electron chi connectivity index (χ2n) is 4.15. The summed E-state index contributed by atoms with van der Waals surface area (Å²) in [6.45, 7) is 6.59. The molecular weight excluding hydrogens is 275 g/mol. The minimum atomic E-state index is 0.972. The summed E-state index contributed by atoms with van der Waals surface area (Å²) in [4.78, 5) is 5.32. The second kappa shape index (κ2) is 4.94. The summed E-state index contributed by atoms with van der Waals surface area (Å²) in [6, 6.07) is 0.972. The molecule has 2 nitrogen and oxygen atoms in total. The quantitative estimate of drug-likeness (QED) is 0.576. The van der Waals surface area contributed by atoms with E-state index in [4.69, 9.17) is 0 Å². The van der Waals surface area contributed by atoms with Gasteiger partial charge >= 0.3 is 0 Å². The van der Waals surface area contributed by atoms with E-state index in [1.165, 1.54) is 56.4 Å². The van der Waals surface area contributed by atoms with E-state index in [0.717, 1.165) is 6.04 Å². The molecule has 2 rings (SSSR count). The first kappa shape index (κ1) is 10.2. The van der Waals surface area contributed by atoms with Crippen LogP contribution >= 0.6 is 22.6 Å². The lowest BCUT2D eigenvalue weighted by Gasteiger charge is -2.20. The summed E-state index contributed by atoms with van der Waals surface area (Å²) in [5.41, 5.74) is 0. The summed E-state index contributed by atoms with van der Waals surface area (Å²) >= 11 is 2.48. The van der Waals surface area contributed by atoms with E-state index in [2.05, 4.69) is 32.4 Å². The molecule has 2 fully saturated rings. The fourth-order valence-electron chi connectivity index (χ4n) is 2.14. The Morgan fingerprint density at radius 2 is 1.92 bits per heavy atom. The summed E-state index contributed by atoms with van der Waals surface area (Å²) < 4.78 is 1.28. The van der Waals surface area contributed by atoms with Gasteiger partial charge in [-0.1, -0.05) is 22.6 Å². The molecule has 0 amide bonds. The zero-order valence-electron chi connectivity index (χ0n) is 8.21. The molecule has 0 aromatic rings. The molecule has 0 N–H and O–H groups in total. The highest BCUT2D eigenvalue weighted by atomic mass is 127. The van der Waals surface area contributed by atoms with Gasteiger partial charge in [0.05, 0.1) is 0 Å². The Bertz CT molecular complexity index is 159. The van der Waals surface area contributed by atoms with E-state index in [1.54, 1.807) is 0 Å². The van der Waals surface area contributed by atoms with Gasteiger partial charge in [0.25, 0.3) is 0 Å². The Morgan fingerprint density at radius 3 is 2.62 bits per heavy atom. The number of halogens is 1. The van der Waals surface area contributed by atoms with E-state index in [1.807, 2.05) is 0 Å². The third-order valence-corrected chi connectivity index (χ3v) is 3.57. The van der Waals surface area contributed by atoms with Crippen LogP contribution in [0.5, 0.6) is 0 Å². The maximum atomic E-state index is 2.70. The van der Waals surface area contributed by atoms with Crippen molar-refractivity contribution >= 4 is 22.6 Å². The van der Waals surface area contributed by atoms with Gasteiger partial charge < -0.3 is 4.90 Å². The van der Waals surface area contributed by atoms with Gasteiger partial charge in [-0.15, -0.1) is 0 Å². The minimum Gasteiger partial charge on any atom is -0.301 e. The van der Waals surface area contributed by atoms with Gasteiger partial charge in [-0.05, 0) is 32.4 Å². The highest BCUT2D eigenvalue weighted by Gasteiger charge is 2.29. The number of rotatable bonds is 3. The molecule has 76 valence electrons. The number of hydrogen-bond acceptors (Lipinski definition) is 2. The lowest BCUT2D eigenvalue weighted by molar-refractivity contribution is 0.257. The molecule has 0 radical (unpaired) electrons. The zero-order valence-corrected chi connectivity index (χ0v) is 10.4. The summed E-state index contributed by atoms with van der Waals surface area (Å²) in [7, 11) is 0. The Balaban J connectivity index is 1.75. The summed E-state index contributed by atoms with van der Waals surface area (Å²) in [5.74, 6) is 0. The van der Waals surface area contributed by atoms with E-state index in [-0.39, 0.29) is 0 Å². The minimum absolute atomic E-state index is 0.972. The van der Waals surface area contributed by atoms with Gasteiger partial charge in [0.2, 0.25) is 0 Å². The maximum absolute atomic E-state index is 2.70. The van der Waals surface area contributed by atoms with Gasteiger partial charge in [-0.2, -0.15) is 0 Å². The molecule has 1 saturated carbocycles. The molecule has 0 unspecified atom stereocenters. The van der Waals surface area contributed by atoms with Crippen LogP contribution < -0.4 is 0 Å². The first-order chi connectivity index (χ1) is 6.40. The molecule has 1 heterocycles. The lowest BCUT2D eigenvalue weighted by atomic mass is 10.4. The Kier molecular flexibility index (Phi) is 3.86. The van der Waals surface area contributed by atoms with E-state index in [9.17, 15) is 0 Å². The normalized spacial score (nSPS) is 27.5. The number of nitrogens with zero attached hydrogens (tertiary/aromatic N) is 2. The molecule has 13 heavy (non-hydrogen) atoms. The number of alkyl halides is 1. The van der Waals surface area contributed by atoms with Crippen LogP contribution in [-0.4, -0.2) is 53.0 Å². The van der Waals surface area contributed by atoms with Crippen molar-refractivity contribution in [1.29, 1.82) is 0 Å². The van der Waals surface area contributed by atoms with Crippen molar-refractivity contribution in [3.63, 3.8) is 0 Å². The van der Waals surface area contributed by atoms with Crippen LogP contribution in [0.15, 0.2) is 0 Å². The van der Waals surface area contributed by atoms with E-state index in [0.29, 0.717) is 0 Å². The molecule has 0 spiro atoms. The van der Waals surface area contributed by atoms with Crippen LogP contribution in [0.4, 0.5) is 0 Å². The fourth-order valence-corrected chi connectivity index (χ4v) is 2.82. The lowest BCUT2D eigenvalue weighted by Crippen LogP contribution is -2.32. The zero-order chi connectivity index (χ0) is 9.10. The first-order valence-electron chi connectivity index (χ1n) is 5.42. The molecule has 0 aromatic carbocycles. The molecule has 1 aliphatic heterocycles. The molecule has 0 atom stereocenters. The predicted molar refractivity (Wildman–Crippen MR) is 64.5 cm³/mol. The van der Waals surface area contributed by atoms with Crippen LogP contribution in [0.1, 0.15) is 19.3 Å². The molecule has 0 aromatic heterocycles. The standard InChI is InChI=1S/C10H19IN2/c11-4-7-12-5-1-6-13(9-8-12)10-2-3-10/h10H,1-9H2. The van der Waals surface area contributed by atoms with Gasteiger partial charge in [-0.25, -0.2) is 0 Å². The fraction of sp³-hybridized carbons (Fsp3) is 1.00. The third-order valence-electron chi connectivity index (χ3n) is 3.09. The first-order valence-corrected chi connectivity index (χ1v) is 6.95. The highest BCUT2D eigenvalue weighted by molar-refractivity contribution is 14.1. The van der Waals surface area contributed by atoms with Crippen LogP contribution in [0.25, 0.3) is 0 Å². The van der Waals surface area contributed by atoms with Crippen molar-refractivity contribution in [3.8, 4) is 0 Å². The molecular formula is C10H19IN2. The monoisotopic (exact) mass is 294 g/mol. The van der Waals surface area contributed by atoms with Crippen molar-refractivity contribution in [2.45, 2.75) is 25.3 Å².